The van der Waals surface area contributed by atoms with E-state index in [-0.39, 0.29) is 0 Å². The molecule has 2 aromatic heterocycles. The molecule has 0 atom stereocenters. The molecule has 2 nitrogen and oxygen atoms in total. The predicted octanol–water partition coefficient (Wildman–Crippen LogP) is 15.6. The topological polar surface area (TPSA) is 16.4 Å². The zero-order valence-electron chi connectivity index (χ0n) is 29.8. The highest BCUT2D eigenvalue weighted by Crippen LogP contribution is 2.46. The Labute approximate surface area is 322 Å². The first-order chi connectivity index (χ1) is 27.3. The third-order valence-electron chi connectivity index (χ3n) is 10.9. The van der Waals surface area contributed by atoms with Crippen LogP contribution >= 0.6 is 11.3 Å². The van der Waals surface area contributed by atoms with Crippen LogP contribution in [0.25, 0.3) is 86.3 Å². The minimum atomic E-state index is 0.896. The van der Waals surface area contributed by atoms with Crippen LogP contribution in [-0.2, 0) is 0 Å². The van der Waals surface area contributed by atoms with E-state index in [1.807, 2.05) is 17.4 Å². The molecular formula is C52H33NOS. The van der Waals surface area contributed by atoms with Crippen molar-refractivity contribution in [1.82, 2.24) is 0 Å². The van der Waals surface area contributed by atoms with Crippen molar-refractivity contribution in [1.29, 1.82) is 0 Å². The van der Waals surface area contributed by atoms with Gasteiger partial charge in [-0.1, -0.05) is 152 Å². The molecule has 258 valence electrons. The van der Waals surface area contributed by atoms with Gasteiger partial charge in [-0.3, -0.25) is 0 Å². The number of hydrogen-bond donors (Lipinski definition) is 0. The molecule has 0 aliphatic rings. The number of fused-ring (bicyclic) bond motifs is 7. The number of furan rings is 1. The van der Waals surface area contributed by atoms with Crippen LogP contribution in [-0.4, -0.2) is 0 Å². The van der Waals surface area contributed by atoms with Crippen molar-refractivity contribution in [2.24, 2.45) is 0 Å². The van der Waals surface area contributed by atoms with Crippen molar-refractivity contribution in [2.45, 2.75) is 0 Å². The van der Waals surface area contributed by atoms with Crippen molar-refractivity contribution in [3.05, 3.63) is 200 Å². The highest BCUT2D eigenvalue weighted by Gasteiger charge is 2.21. The highest BCUT2D eigenvalue weighted by molar-refractivity contribution is 7.25. The molecule has 55 heavy (non-hydrogen) atoms. The van der Waals surface area contributed by atoms with Gasteiger partial charge in [-0.25, -0.2) is 0 Å². The SMILES string of the molecule is c1ccc(N(c2ccc(-c3cccc4ccccc34)cc2)c2ccc(-c3cccc4sc5ccccc5c34)cc2)c(-c2cccc3c2oc2ccccc23)c1. The number of nitrogens with zero attached hydrogens (tertiary/aromatic N) is 1. The molecule has 11 aromatic rings. The number of benzene rings is 9. The summed E-state index contributed by atoms with van der Waals surface area (Å²) < 4.78 is 9.22. The molecule has 0 spiro atoms. The Morgan fingerprint density at radius 2 is 0.909 bits per heavy atom. The Kier molecular flexibility index (Phi) is 7.39. The average Bonchev–Trinajstić information content (AvgIpc) is 3.83. The van der Waals surface area contributed by atoms with Gasteiger partial charge in [0.2, 0.25) is 0 Å². The fraction of sp³-hybridized carbons (Fsp3) is 0. The Bertz CT molecular complexity index is 3200. The van der Waals surface area contributed by atoms with Gasteiger partial charge >= 0.3 is 0 Å². The third-order valence-corrected chi connectivity index (χ3v) is 12.0. The van der Waals surface area contributed by atoms with E-state index in [1.165, 1.54) is 53.2 Å². The fourth-order valence-electron chi connectivity index (χ4n) is 8.36. The third kappa shape index (κ3) is 5.24. The number of para-hydroxylation sites is 3. The summed E-state index contributed by atoms with van der Waals surface area (Å²) in [6.07, 6.45) is 0. The molecule has 3 heteroatoms. The van der Waals surface area contributed by atoms with Crippen molar-refractivity contribution in [3.63, 3.8) is 0 Å². The van der Waals surface area contributed by atoms with Crippen LogP contribution in [0.3, 0.4) is 0 Å². The number of hydrogen-bond acceptors (Lipinski definition) is 3. The van der Waals surface area contributed by atoms with E-state index in [0.717, 1.165) is 50.1 Å². The molecule has 11 rings (SSSR count). The summed E-state index contributed by atoms with van der Waals surface area (Å²) in [6, 6.07) is 72.1. The second kappa shape index (κ2) is 12.9. The van der Waals surface area contributed by atoms with Gasteiger partial charge < -0.3 is 9.32 Å². The standard InChI is InChI=1S/C52H33NOS/c1-2-14-39-34(12-1)13-9-18-40(39)35-26-30-37(31-27-35)53(38-32-28-36(29-33-38)41-19-11-25-50-51(41)46-17-5-8-24-49(46)55-50)47-22-6-3-15-42(47)44-20-10-21-45-43-16-4-7-23-48(43)54-52(44)45/h1-33H. The Morgan fingerprint density at radius 3 is 1.75 bits per heavy atom. The van der Waals surface area contributed by atoms with Gasteiger partial charge in [0.1, 0.15) is 11.2 Å². The quantitative estimate of drug-likeness (QED) is 0.170. The predicted molar refractivity (Wildman–Crippen MR) is 235 cm³/mol. The lowest BCUT2D eigenvalue weighted by Crippen LogP contribution is -2.11. The number of thiophene rings is 1. The zero-order chi connectivity index (χ0) is 36.3. The van der Waals surface area contributed by atoms with E-state index >= 15 is 0 Å². The van der Waals surface area contributed by atoms with Crippen LogP contribution in [0.4, 0.5) is 17.1 Å². The van der Waals surface area contributed by atoms with Gasteiger partial charge in [-0.15, -0.1) is 11.3 Å². The lowest BCUT2D eigenvalue weighted by Gasteiger charge is -2.28. The average molecular weight is 720 g/mol. The summed E-state index contributed by atoms with van der Waals surface area (Å²) >= 11 is 1.86. The van der Waals surface area contributed by atoms with Crippen molar-refractivity contribution < 1.29 is 4.42 Å². The minimum absolute atomic E-state index is 0.896. The molecule has 0 N–H and O–H groups in total. The van der Waals surface area contributed by atoms with Gasteiger partial charge in [0.15, 0.2) is 0 Å². The Hall–Kier alpha value is -6.94. The van der Waals surface area contributed by atoms with E-state index < -0.39 is 0 Å². The maximum absolute atomic E-state index is 6.59. The Balaban J connectivity index is 1.08. The molecule has 0 fully saturated rings. The minimum Gasteiger partial charge on any atom is -0.455 e. The highest BCUT2D eigenvalue weighted by atomic mass is 32.1. The Morgan fingerprint density at radius 1 is 0.364 bits per heavy atom. The van der Waals surface area contributed by atoms with Crippen LogP contribution < -0.4 is 4.90 Å². The van der Waals surface area contributed by atoms with Crippen LogP contribution in [0.2, 0.25) is 0 Å². The molecule has 0 unspecified atom stereocenters. The summed E-state index contributed by atoms with van der Waals surface area (Å²) in [5.41, 5.74) is 12.1. The first kappa shape index (κ1) is 31.6. The van der Waals surface area contributed by atoms with Crippen molar-refractivity contribution in [3.8, 4) is 33.4 Å². The van der Waals surface area contributed by atoms with Gasteiger partial charge in [0.05, 0.1) is 5.69 Å². The fourth-order valence-corrected chi connectivity index (χ4v) is 9.49. The largest absolute Gasteiger partial charge is 0.455 e. The molecule has 0 bridgehead atoms. The smallest absolute Gasteiger partial charge is 0.143 e. The molecule has 2 heterocycles. The maximum atomic E-state index is 6.59. The molecule has 0 aliphatic heterocycles. The first-order valence-electron chi connectivity index (χ1n) is 18.7. The summed E-state index contributed by atoms with van der Waals surface area (Å²) in [6.45, 7) is 0. The second-order valence-electron chi connectivity index (χ2n) is 14.0. The van der Waals surface area contributed by atoms with E-state index in [2.05, 4.69) is 199 Å². The van der Waals surface area contributed by atoms with Crippen LogP contribution in [0.5, 0.6) is 0 Å². The van der Waals surface area contributed by atoms with E-state index in [4.69, 9.17) is 4.42 Å². The summed E-state index contributed by atoms with van der Waals surface area (Å²) in [5.74, 6) is 0. The van der Waals surface area contributed by atoms with Gasteiger partial charge in [0.25, 0.3) is 0 Å². The monoisotopic (exact) mass is 719 g/mol. The van der Waals surface area contributed by atoms with E-state index in [0.29, 0.717) is 0 Å². The van der Waals surface area contributed by atoms with Gasteiger partial charge in [0, 0.05) is 53.4 Å². The molecular weight excluding hydrogens is 687 g/mol. The molecule has 0 saturated carbocycles. The number of rotatable bonds is 6. The molecule has 0 aliphatic carbocycles. The number of anilines is 3. The lowest BCUT2D eigenvalue weighted by molar-refractivity contribution is 0.670. The van der Waals surface area contributed by atoms with Crippen LogP contribution in [0, 0.1) is 0 Å². The summed E-state index contributed by atoms with van der Waals surface area (Å²) in [5, 5.41) is 7.37. The normalized spacial score (nSPS) is 11.6. The maximum Gasteiger partial charge on any atom is 0.143 e. The molecule has 9 aromatic carbocycles. The molecule has 0 amide bonds. The van der Waals surface area contributed by atoms with Crippen LogP contribution in [0.1, 0.15) is 0 Å². The second-order valence-corrected chi connectivity index (χ2v) is 15.1. The molecule has 0 radical (unpaired) electrons. The van der Waals surface area contributed by atoms with Crippen LogP contribution in [0.15, 0.2) is 205 Å². The summed E-state index contributed by atoms with van der Waals surface area (Å²) in [4.78, 5) is 2.38. The lowest BCUT2D eigenvalue weighted by atomic mass is 9.97. The van der Waals surface area contributed by atoms with Gasteiger partial charge in [-0.2, -0.15) is 0 Å². The van der Waals surface area contributed by atoms with E-state index in [1.54, 1.807) is 0 Å². The zero-order valence-corrected chi connectivity index (χ0v) is 30.6. The van der Waals surface area contributed by atoms with Crippen molar-refractivity contribution in [2.75, 3.05) is 4.90 Å². The van der Waals surface area contributed by atoms with E-state index in [9.17, 15) is 0 Å². The summed E-state index contributed by atoms with van der Waals surface area (Å²) in [7, 11) is 0. The first-order valence-corrected chi connectivity index (χ1v) is 19.5. The van der Waals surface area contributed by atoms with Crippen molar-refractivity contribution >= 4 is 81.3 Å². The molecule has 0 saturated heterocycles. The van der Waals surface area contributed by atoms with Gasteiger partial charge in [-0.05, 0) is 81.6 Å².